The summed E-state index contributed by atoms with van der Waals surface area (Å²) in [6, 6.07) is 10.9. The number of benzene rings is 2. The molecule has 5 nitrogen and oxygen atoms in total. The van der Waals surface area contributed by atoms with Crippen LogP contribution in [-0.4, -0.2) is 31.7 Å². The highest BCUT2D eigenvalue weighted by Gasteiger charge is 2.29. The fourth-order valence-electron chi connectivity index (χ4n) is 3.41. The lowest BCUT2D eigenvalue weighted by Gasteiger charge is -2.25. The summed E-state index contributed by atoms with van der Waals surface area (Å²) in [4.78, 5) is 12.9. The zero-order valence-electron chi connectivity index (χ0n) is 18.3. The summed E-state index contributed by atoms with van der Waals surface area (Å²) in [6.07, 6.45) is 0.674. The van der Waals surface area contributed by atoms with Crippen LogP contribution in [0.3, 0.4) is 0 Å². The molecule has 2 aromatic rings. The Hall–Kier alpha value is -1.89. The molecule has 0 aliphatic carbocycles. The molecule has 0 spiro atoms. The molecule has 30 heavy (non-hydrogen) atoms. The predicted molar refractivity (Wildman–Crippen MR) is 122 cm³/mol. The van der Waals surface area contributed by atoms with Gasteiger partial charge in [-0.05, 0) is 61.9 Å². The Morgan fingerprint density at radius 1 is 1.07 bits per heavy atom. The largest absolute Gasteiger partial charge is 0.351 e. The average Bonchev–Trinajstić information content (AvgIpc) is 2.63. The van der Waals surface area contributed by atoms with Crippen LogP contribution in [0.4, 0.5) is 0 Å². The van der Waals surface area contributed by atoms with E-state index in [1.165, 1.54) is 4.31 Å². The van der Waals surface area contributed by atoms with E-state index in [1.807, 2.05) is 45.0 Å². The first kappa shape index (κ1) is 24.4. The van der Waals surface area contributed by atoms with E-state index >= 15 is 0 Å². The lowest BCUT2D eigenvalue weighted by Crippen LogP contribution is -2.41. The molecule has 0 fully saturated rings. The van der Waals surface area contributed by atoms with Crippen molar-refractivity contribution >= 4 is 27.5 Å². The third kappa shape index (κ3) is 6.56. The normalized spacial score (nSPS) is 11.9. The van der Waals surface area contributed by atoms with Crippen LogP contribution in [0.2, 0.25) is 5.02 Å². The Bertz CT molecular complexity index is 963. The number of amides is 1. The molecular formula is C23H31ClN2O3S. The quantitative estimate of drug-likeness (QED) is 0.606. The van der Waals surface area contributed by atoms with Crippen LogP contribution < -0.4 is 5.32 Å². The Labute approximate surface area is 185 Å². The molecule has 0 saturated carbocycles. The second-order valence-corrected chi connectivity index (χ2v) is 10.5. The molecule has 0 atom stereocenters. The Balaban J connectivity index is 2.22. The third-order valence-corrected chi connectivity index (χ3v) is 7.28. The number of nitrogens with one attached hydrogen (secondary N) is 1. The number of halogens is 1. The van der Waals surface area contributed by atoms with Crippen LogP contribution in [0.5, 0.6) is 0 Å². The summed E-state index contributed by atoms with van der Waals surface area (Å²) >= 11 is 5.89. The summed E-state index contributed by atoms with van der Waals surface area (Å²) in [5.41, 5.74) is 3.31. The van der Waals surface area contributed by atoms with Crippen LogP contribution in [0.15, 0.2) is 41.3 Å². The molecule has 0 aliphatic heterocycles. The molecule has 1 N–H and O–H groups in total. The van der Waals surface area contributed by atoms with Crippen LogP contribution >= 0.6 is 11.6 Å². The van der Waals surface area contributed by atoms with Gasteiger partial charge in [0, 0.05) is 18.1 Å². The van der Waals surface area contributed by atoms with Crippen LogP contribution in [0.1, 0.15) is 42.5 Å². The number of carbonyl (C=O) groups is 1. The fraction of sp³-hybridized carbons (Fsp3) is 0.435. The number of aryl methyl sites for hydroxylation is 3. The summed E-state index contributed by atoms with van der Waals surface area (Å²) in [7, 11) is -3.80. The van der Waals surface area contributed by atoms with E-state index < -0.39 is 10.0 Å². The Morgan fingerprint density at radius 3 is 2.17 bits per heavy atom. The van der Waals surface area contributed by atoms with Gasteiger partial charge in [-0.3, -0.25) is 4.79 Å². The van der Waals surface area contributed by atoms with Gasteiger partial charge in [-0.1, -0.05) is 55.3 Å². The minimum atomic E-state index is -3.80. The van der Waals surface area contributed by atoms with Gasteiger partial charge in [0.1, 0.15) is 0 Å². The highest BCUT2D eigenvalue weighted by atomic mass is 35.5. The van der Waals surface area contributed by atoms with E-state index in [0.29, 0.717) is 46.5 Å². The highest BCUT2D eigenvalue weighted by Crippen LogP contribution is 2.25. The van der Waals surface area contributed by atoms with Crippen LogP contribution in [0, 0.1) is 26.7 Å². The third-order valence-electron chi connectivity index (χ3n) is 4.88. The molecule has 0 bridgehead atoms. The lowest BCUT2D eigenvalue weighted by molar-refractivity contribution is -0.121. The molecule has 0 saturated heterocycles. The molecule has 0 radical (unpaired) electrons. The van der Waals surface area contributed by atoms with Gasteiger partial charge in [0.15, 0.2) is 0 Å². The minimum absolute atomic E-state index is 0.213. The van der Waals surface area contributed by atoms with Gasteiger partial charge in [0.05, 0.1) is 11.4 Å². The first-order valence-electron chi connectivity index (χ1n) is 10.1. The Morgan fingerprint density at radius 2 is 1.63 bits per heavy atom. The summed E-state index contributed by atoms with van der Waals surface area (Å²) in [5.74, 6) is -0.0141. The average molecular weight is 451 g/mol. The number of sulfonamides is 1. The zero-order valence-corrected chi connectivity index (χ0v) is 19.9. The maximum absolute atomic E-state index is 13.5. The number of carbonyl (C=O) groups excluding carboxylic acids is 1. The second kappa shape index (κ2) is 10.4. The van der Waals surface area contributed by atoms with E-state index in [4.69, 9.17) is 11.6 Å². The predicted octanol–water partition coefficient (Wildman–Crippen LogP) is 4.62. The monoisotopic (exact) mass is 450 g/mol. The van der Waals surface area contributed by atoms with E-state index in [9.17, 15) is 13.2 Å². The van der Waals surface area contributed by atoms with Gasteiger partial charge >= 0.3 is 0 Å². The SMILES string of the molecule is Cc1cc(C)c(S(=O)(=O)N(CCC(C)C)CC(=O)NCc2ccc(Cl)cc2)c(C)c1. The molecule has 164 valence electrons. The maximum Gasteiger partial charge on any atom is 0.244 e. The summed E-state index contributed by atoms with van der Waals surface area (Å²) < 4.78 is 28.3. The van der Waals surface area contributed by atoms with Crippen molar-refractivity contribution in [3.63, 3.8) is 0 Å². The zero-order chi connectivity index (χ0) is 22.5. The van der Waals surface area contributed by atoms with E-state index in [0.717, 1.165) is 11.1 Å². The first-order valence-corrected chi connectivity index (χ1v) is 11.9. The molecule has 2 rings (SSSR count). The van der Waals surface area contributed by atoms with E-state index in [2.05, 4.69) is 5.32 Å². The van der Waals surface area contributed by atoms with Gasteiger partial charge in [0.2, 0.25) is 15.9 Å². The van der Waals surface area contributed by atoms with Crippen molar-refractivity contribution in [3.05, 3.63) is 63.7 Å². The Kier molecular flexibility index (Phi) is 8.47. The molecule has 0 aliphatic rings. The van der Waals surface area contributed by atoms with Gasteiger partial charge in [0.25, 0.3) is 0 Å². The van der Waals surface area contributed by atoms with Crippen molar-refractivity contribution in [1.82, 2.24) is 9.62 Å². The standard InChI is InChI=1S/C23H31ClN2O3S/c1-16(2)10-11-26(15-22(27)25-14-20-6-8-21(24)9-7-20)30(28,29)23-18(4)12-17(3)13-19(23)5/h6-9,12-13,16H,10-11,14-15H2,1-5H3,(H,25,27). The second-order valence-electron chi connectivity index (χ2n) is 8.15. The number of hydrogen-bond donors (Lipinski definition) is 1. The first-order chi connectivity index (χ1) is 14.0. The number of rotatable bonds is 9. The highest BCUT2D eigenvalue weighted by molar-refractivity contribution is 7.89. The van der Waals surface area contributed by atoms with Crippen molar-refractivity contribution in [2.75, 3.05) is 13.1 Å². The van der Waals surface area contributed by atoms with Crippen molar-refractivity contribution in [3.8, 4) is 0 Å². The van der Waals surface area contributed by atoms with Gasteiger partial charge in [-0.2, -0.15) is 4.31 Å². The molecule has 7 heteroatoms. The molecule has 2 aromatic carbocycles. The smallest absolute Gasteiger partial charge is 0.244 e. The maximum atomic E-state index is 13.5. The van der Waals surface area contributed by atoms with E-state index in [1.54, 1.807) is 26.0 Å². The summed E-state index contributed by atoms with van der Waals surface area (Å²) in [6.45, 7) is 10.0. The van der Waals surface area contributed by atoms with Crippen LogP contribution in [-0.2, 0) is 21.4 Å². The van der Waals surface area contributed by atoms with Gasteiger partial charge in [-0.15, -0.1) is 0 Å². The number of hydrogen-bond acceptors (Lipinski definition) is 3. The van der Waals surface area contributed by atoms with Gasteiger partial charge < -0.3 is 5.32 Å². The topological polar surface area (TPSA) is 66.5 Å². The molecule has 0 unspecified atom stereocenters. The van der Waals surface area contributed by atoms with Crippen LogP contribution in [0.25, 0.3) is 0 Å². The van der Waals surface area contributed by atoms with Crippen molar-refractivity contribution in [2.24, 2.45) is 5.92 Å². The van der Waals surface area contributed by atoms with Gasteiger partial charge in [-0.25, -0.2) is 8.42 Å². The molecule has 0 heterocycles. The minimum Gasteiger partial charge on any atom is -0.351 e. The van der Waals surface area contributed by atoms with Crippen molar-refractivity contribution in [1.29, 1.82) is 0 Å². The lowest BCUT2D eigenvalue weighted by atomic mass is 10.1. The van der Waals surface area contributed by atoms with Crippen molar-refractivity contribution in [2.45, 2.75) is 52.5 Å². The van der Waals surface area contributed by atoms with E-state index in [-0.39, 0.29) is 12.5 Å². The van der Waals surface area contributed by atoms with Crippen molar-refractivity contribution < 1.29 is 13.2 Å². The fourth-order valence-corrected chi connectivity index (χ4v) is 5.36. The summed E-state index contributed by atoms with van der Waals surface area (Å²) in [5, 5.41) is 3.44. The molecule has 0 aromatic heterocycles. The molecule has 1 amide bonds. The molecular weight excluding hydrogens is 420 g/mol. The number of nitrogens with zero attached hydrogens (tertiary/aromatic N) is 1.